The van der Waals surface area contributed by atoms with E-state index in [9.17, 15) is 5.11 Å². The Balaban J connectivity index is 2.32. The molecule has 1 saturated carbocycles. The van der Waals surface area contributed by atoms with Gasteiger partial charge in [0.2, 0.25) is 0 Å². The minimum atomic E-state index is -0.736. The van der Waals surface area contributed by atoms with Crippen molar-refractivity contribution in [3.8, 4) is 0 Å². The molecule has 3 nitrogen and oxygen atoms in total. The largest absolute Gasteiger partial charge is 0.394 e. The molecule has 0 bridgehead atoms. The third kappa shape index (κ3) is 4.04. The van der Waals surface area contributed by atoms with Crippen molar-refractivity contribution in [3.63, 3.8) is 0 Å². The molecule has 1 aliphatic carbocycles. The van der Waals surface area contributed by atoms with Gasteiger partial charge in [0.25, 0.3) is 0 Å². The van der Waals surface area contributed by atoms with Crippen molar-refractivity contribution in [2.24, 2.45) is 11.8 Å². The van der Waals surface area contributed by atoms with Crippen molar-refractivity contribution < 1.29 is 14.9 Å². The van der Waals surface area contributed by atoms with Gasteiger partial charge in [0.1, 0.15) is 6.10 Å². The first-order chi connectivity index (χ1) is 7.47. The predicted molar refractivity (Wildman–Crippen MR) is 64.2 cm³/mol. The van der Waals surface area contributed by atoms with Gasteiger partial charge in [-0.1, -0.05) is 13.8 Å². The first-order valence-corrected chi connectivity index (χ1v) is 6.40. The van der Waals surface area contributed by atoms with Crippen LogP contribution in [0.4, 0.5) is 0 Å². The molecule has 0 radical (unpaired) electrons. The number of aliphatic hydroxyl groups excluding tert-OH is 2. The van der Waals surface area contributed by atoms with Gasteiger partial charge in [0.15, 0.2) is 0 Å². The fourth-order valence-electron chi connectivity index (χ4n) is 2.41. The van der Waals surface area contributed by atoms with Crippen molar-refractivity contribution >= 4 is 0 Å². The molecule has 0 aromatic heterocycles. The Morgan fingerprint density at radius 3 is 2.31 bits per heavy atom. The van der Waals surface area contributed by atoms with Crippen LogP contribution in [0.25, 0.3) is 0 Å². The zero-order valence-electron chi connectivity index (χ0n) is 10.8. The molecule has 3 heteroatoms. The van der Waals surface area contributed by atoms with Crippen molar-refractivity contribution in [1.29, 1.82) is 0 Å². The molecule has 96 valence electrons. The molecule has 0 saturated heterocycles. The highest BCUT2D eigenvalue weighted by Crippen LogP contribution is 2.37. The van der Waals surface area contributed by atoms with Crippen LogP contribution < -0.4 is 0 Å². The van der Waals surface area contributed by atoms with E-state index in [4.69, 9.17) is 9.84 Å². The second-order valence-corrected chi connectivity index (χ2v) is 5.68. The molecule has 1 rings (SSSR count). The summed E-state index contributed by atoms with van der Waals surface area (Å²) in [7, 11) is 0. The van der Waals surface area contributed by atoms with Gasteiger partial charge in [-0.15, -0.1) is 0 Å². The van der Waals surface area contributed by atoms with E-state index in [1.54, 1.807) is 0 Å². The summed E-state index contributed by atoms with van der Waals surface area (Å²) in [6, 6.07) is 0. The van der Waals surface area contributed by atoms with Crippen LogP contribution in [0.1, 0.15) is 46.5 Å². The molecule has 0 unspecified atom stereocenters. The Kier molecular flexibility index (Phi) is 5.22. The summed E-state index contributed by atoms with van der Waals surface area (Å²) in [5.41, 5.74) is -0.0957. The van der Waals surface area contributed by atoms with E-state index < -0.39 is 6.10 Å². The fraction of sp³-hybridized carbons (Fsp3) is 1.00. The minimum Gasteiger partial charge on any atom is -0.394 e. The number of ether oxygens (including phenoxy) is 1. The van der Waals surface area contributed by atoms with Gasteiger partial charge in [-0.2, -0.15) is 0 Å². The highest BCUT2D eigenvalue weighted by molar-refractivity contribution is 4.84. The molecule has 0 amide bonds. The van der Waals surface area contributed by atoms with Gasteiger partial charge in [-0.3, -0.25) is 0 Å². The monoisotopic (exact) mass is 230 g/mol. The zero-order chi connectivity index (χ0) is 12.2. The van der Waals surface area contributed by atoms with Crippen LogP contribution in [0.2, 0.25) is 0 Å². The zero-order valence-corrected chi connectivity index (χ0v) is 10.8. The van der Waals surface area contributed by atoms with Crippen molar-refractivity contribution in [3.05, 3.63) is 0 Å². The lowest BCUT2D eigenvalue weighted by atomic mass is 9.75. The second kappa shape index (κ2) is 5.99. The lowest BCUT2D eigenvalue weighted by Crippen LogP contribution is -2.38. The summed E-state index contributed by atoms with van der Waals surface area (Å²) in [5, 5.41) is 18.0. The standard InChI is InChI=1S/C13H26O3/c1-10(2)11-4-6-13(3,7-5-11)16-9-12(15)8-14/h10-12,14-15H,4-9H2,1-3H3/t11?,12-,13?/m0/s1. The van der Waals surface area contributed by atoms with E-state index in [0.717, 1.165) is 24.7 Å². The average molecular weight is 230 g/mol. The van der Waals surface area contributed by atoms with E-state index in [2.05, 4.69) is 20.8 Å². The van der Waals surface area contributed by atoms with Crippen LogP contribution in [0.3, 0.4) is 0 Å². The number of rotatable bonds is 5. The lowest BCUT2D eigenvalue weighted by Gasteiger charge is -2.39. The minimum absolute atomic E-state index is 0.0957. The van der Waals surface area contributed by atoms with Crippen LogP contribution >= 0.6 is 0 Å². The summed E-state index contributed by atoms with van der Waals surface area (Å²) in [6.45, 7) is 6.71. The van der Waals surface area contributed by atoms with Crippen molar-refractivity contribution in [2.45, 2.75) is 58.2 Å². The van der Waals surface area contributed by atoms with Gasteiger partial charge in [0, 0.05) is 0 Å². The summed E-state index contributed by atoms with van der Waals surface area (Å²) in [5.74, 6) is 1.58. The van der Waals surface area contributed by atoms with Gasteiger partial charge in [-0.05, 0) is 44.4 Å². The molecular weight excluding hydrogens is 204 g/mol. The Hall–Kier alpha value is -0.120. The normalized spacial score (nSPS) is 33.0. The number of hydrogen-bond donors (Lipinski definition) is 2. The van der Waals surface area contributed by atoms with Gasteiger partial charge in [-0.25, -0.2) is 0 Å². The van der Waals surface area contributed by atoms with E-state index in [0.29, 0.717) is 0 Å². The average Bonchev–Trinajstić information content (AvgIpc) is 2.26. The lowest BCUT2D eigenvalue weighted by molar-refractivity contribution is -0.103. The molecule has 0 spiro atoms. The first-order valence-electron chi connectivity index (χ1n) is 6.40. The summed E-state index contributed by atoms with van der Waals surface area (Å²) >= 11 is 0. The predicted octanol–water partition coefficient (Wildman–Crippen LogP) is 1.96. The SMILES string of the molecule is CC(C)C1CCC(C)(OC[C@@H](O)CO)CC1. The molecule has 1 atom stereocenters. The molecule has 1 aliphatic rings. The Bertz CT molecular complexity index is 195. The van der Waals surface area contributed by atoms with E-state index in [1.165, 1.54) is 12.8 Å². The molecule has 16 heavy (non-hydrogen) atoms. The van der Waals surface area contributed by atoms with Crippen LogP contribution in [-0.2, 0) is 4.74 Å². The second-order valence-electron chi connectivity index (χ2n) is 5.68. The maximum absolute atomic E-state index is 9.27. The summed E-state index contributed by atoms with van der Waals surface area (Å²) in [4.78, 5) is 0. The Labute approximate surface area is 98.8 Å². The van der Waals surface area contributed by atoms with Gasteiger partial charge >= 0.3 is 0 Å². The van der Waals surface area contributed by atoms with E-state index >= 15 is 0 Å². The molecule has 0 aromatic carbocycles. The van der Waals surface area contributed by atoms with Crippen molar-refractivity contribution in [1.82, 2.24) is 0 Å². The van der Waals surface area contributed by atoms with Crippen LogP contribution in [0, 0.1) is 11.8 Å². The van der Waals surface area contributed by atoms with Crippen molar-refractivity contribution in [2.75, 3.05) is 13.2 Å². The molecule has 2 N–H and O–H groups in total. The van der Waals surface area contributed by atoms with Crippen LogP contribution in [0.15, 0.2) is 0 Å². The fourth-order valence-corrected chi connectivity index (χ4v) is 2.41. The van der Waals surface area contributed by atoms with E-state index in [1.807, 2.05) is 0 Å². The Morgan fingerprint density at radius 2 is 1.88 bits per heavy atom. The van der Waals surface area contributed by atoms with Gasteiger partial charge < -0.3 is 14.9 Å². The quantitative estimate of drug-likeness (QED) is 0.759. The molecule has 1 fully saturated rings. The summed E-state index contributed by atoms with van der Waals surface area (Å²) < 4.78 is 5.74. The third-order valence-corrected chi connectivity index (χ3v) is 3.87. The molecular formula is C13H26O3. The maximum Gasteiger partial charge on any atom is 0.100 e. The highest BCUT2D eigenvalue weighted by atomic mass is 16.5. The highest BCUT2D eigenvalue weighted by Gasteiger charge is 2.33. The molecule has 0 aliphatic heterocycles. The van der Waals surface area contributed by atoms with Crippen LogP contribution in [0.5, 0.6) is 0 Å². The van der Waals surface area contributed by atoms with E-state index in [-0.39, 0.29) is 18.8 Å². The third-order valence-electron chi connectivity index (χ3n) is 3.87. The van der Waals surface area contributed by atoms with Crippen LogP contribution in [-0.4, -0.2) is 35.1 Å². The van der Waals surface area contributed by atoms with Gasteiger partial charge in [0.05, 0.1) is 18.8 Å². The smallest absolute Gasteiger partial charge is 0.100 e. The number of hydrogen-bond acceptors (Lipinski definition) is 3. The molecule has 0 heterocycles. The Morgan fingerprint density at radius 1 is 1.31 bits per heavy atom. The summed E-state index contributed by atoms with van der Waals surface area (Å²) in [6.07, 6.45) is 3.81. The topological polar surface area (TPSA) is 49.7 Å². The number of aliphatic hydroxyl groups is 2. The maximum atomic E-state index is 9.27. The molecule has 0 aromatic rings. The first kappa shape index (κ1) is 13.9.